The Morgan fingerprint density at radius 3 is 1.78 bits per heavy atom. The molecule has 0 heterocycles. The van der Waals surface area contributed by atoms with E-state index in [-0.39, 0.29) is 17.6 Å². The van der Waals surface area contributed by atoms with E-state index in [0.717, 1.165) is 0 Å². The minimum absolute atomic E-state index is 0. The molecule has 0 radical (unpaired) electrons. The van der Waals surface area contributed by atoms with Gasteiger partial charge in [-0.3, -0.25) is 0 Å². The molecule has 1 atom stereocenters. The summed E-state index contributed by atoms with van der Waals surface area (Å²) < 4.78 is 0.595. The van der Waals surface area contributed by atoms with E-state index in [9.17, 15) is 0 Å². The molecular weight excluding hydrogens is 142 g/mol. The Labute approximate surface area is 60.7 Å². The van der Waals surface area contributed by atoms with Crippen molar-refractivity contribution in [2.75, 3.05) is 27.7 Å². The zero-order valence-electron chi connectivity index (χ0n) is 6.00. The van der Waals surface area contributed by atoms with Gasteiger partial charge in [0.1, 0.15) is 6.61 Å². The van der Waals surface area contributed by atoms with E-state index in [4.69, 9.17) is 16.7 Å². The van der Waals surface area contributed by atoms with Crippen molar-refractivity contribution in [3.63, 3.8) is 0 Å². The van der Waals surface area contributed by atoms with Crippen LogP contribution in [0, 0.1) is 0 Å². The van der Waals surface area contributed by atoms with Gasteiger partial charge in [0.15, 0.2) is 5.50 Å². The average Bonchev–Trinajstić information content (AvgIpc) is 1.62. The van der Waals surface area contributed by atoms with Crippen LogP contribution >= 0.6 is 11.6 Å². The van der Waals surface area contributed by atoms with Crippen LogP contribution < -0.4 is 0 Å². The Bertz CT molecular complexity index is 71.8. The minimum atomic E-state index is -0.185. The molecule has 0 aromatic rings. The molecule has 0 bridgehead atoms. The van der Waals surface area contributed by atoms with Crippen molar-refractivity contribution < 1.29 is 15.1 Å². The second-order valence-electron chi connectivity index (χ2n) is 2.73. The first-order valence-corrected chi connectivity index (χ1v) is 2.98. The first kappa shape index (κ1) is 11.9. The summed E-state index contributed by atoms with van der Waals surface area (Å²) >= 11 is 5.66. The van der Waals surface area contributed by atoms with Crippen LogP contribution in [-0.4, -0.2) is 48.3 Å². The molecule has 0 aliphatic carbocycles. The molecular formula is C5H14ClNO2. The fourth-order valence-corrected chi connectivity index (χ4v) is 0.245. The second-order valence-corrected chi connectivity index (χ2v) is 3.24. The smallest absolute Gasteiger partial charge is 0.187 e. The number of likely N-dealkylation sites (N-methyl/N-ethyl adjacent to an activating group) is 1. The third-order valence-corrected chi connectivity index (χ3v) is 1.71. The Kier molecular flexibility index (Phi) is 5.37. The monoisotopic (exact) mass is 155 g/mol. The lowest BCUT2D eigenvalue weighted by Gasteiger charge is -2.27. The number of hydrogen-bond acceptors (Lipinski definition) is 2. The van der Waals surface area contributed by atoms with Crippen molar-refractivity contribution in [1.29, 1.82) is 0 Å². The summed E-state index contributed by atoms with van der Waals surface area (Å²) in [5.41, 5.74) is -0.185. The van der Waals surface area contributed by atoms with Gasteiger partial charge in [0, 0.05) is 0 Å². The zero-order valence-corrected chi connectivity index (χ0v) is 6.76. The van der Waals surface area contributed by atoms with Crippen LogP contribution in [0.5, 0.6) is 0 Å². The number of quaternary nitrogens is 1. The molecule has 0 saturated heterocycles. The van der Waals surface area contributed by atoms with Gasteiger partial charge in [-0.05, 0) is 0 Å². The van der Waals surface area contributed by atoms with Gasteiger partial charge in [-0.2, -0.15) is 0 Å². The zero-order chi connectivity index (χ0) is 6.78. The maximum Gasteiger partial charge on any atom is 0.187 e. The van der Waals surface area contributed by atoms with Crippen LogP contribution in [-0.2, 0) is 0 Å². The fraction of sp³-hybridized carbons (Fsp3) is 1.00. The predicted molar refractivity (Wildman–Crippen MR) is 36.7 cm³/mol. The van der Waals surface area contributed by atoms with Crippen molar-refractivity contribution in [2.45, 2.75) is 5.50 Å². The molecule has 0 saturated carbocycles. The summed E-state index contributed by atoms with van der Waals surface area (Å²) in [7, 11) is 5.82. The van der Waals surface area contributed by atoms with Crippen LogP contribution in [0.15, 0.2) is 0 Å². The number of rotatable bonds is 2. The fourth-order valence-electron chi connectivity index (χ4n) is 0.245. The Morgan fingerprint density at radius 2 is 1.78 bits per heavy atom. The topological polar surface area (TPSA) is 50.2 Å². The highest BCUT2D eigenvalue weighted by Gasteiger charge is 2.18. The number of alkyl halides is 1. The van der Waals surface area contributed by atoms with Crippen LogP contribution in [0.4, 0.5) is 0 Å². The SMILES string of the molecule is C[N+](C)(C)C(Cl)CO.[OH-]. The first-order valence-electron chi connectivity index (χ1n) is 2.54. The van der Waals surface area contributed by atoms with Gasteiger partial charge in [-0.25, -0.2) is 0 Å². The van der Waals surface area contributed by atoms with Gasteiger partial charge in [0.2, 0.25) is 0 Å². The van der Waals surface area contributed by atoms with Gasteiger partial charge in [-0.1, -0.05) is 11.6 Å². The van der Waals surface area contributed by atoms with Crippen LogP contribution in [0.25, 0.3) is 0 Å². The Morgan fingerprint density at radius 1 is 1.44 bits per heavy atom. The molecule has 0 rings (SSSR count). The molecule has 2 N–H and O–H groups in total. The van der Waals surface area contributed by atoms with Gasteiger partial charge in [0.25, 0.3) is 0 Å². The normalized spacial score (nSPS) is 14.3. The molecule has 0 aromatic carbocycles. The largest absolute Gasteiger partial charge is 0.870 e. The van der Waals surface area contributed by atoms with E-state index in [1.165, 1.54) is 0 Å². The molecule has 9 heavy (non-hydrogen) atoms. The molecule has 0 aliphatic heterocycles. The van der Waals surface area contributed by atoms with Crippen LogP contribution in [0.3, 0.4) is 0 Å². The molecule has 0 fully saturated rings. The summed E-state index contributed by atoms with van der Waals surface area (Å²) in [6, 6.07) is 0. The first-order chi connectivity index (χ1) is 3.48. The van der Waals surface area contributed by atoms with Crippen molar-refractivity contribution in [2.24, 2.45) is 0 Å². The highest BCUT2D eigenvalue weighted by atomic mass is 35.5. The molecule has 0 spiro atoms. The summed E-state index contributed by atoms with van der Waals surface area (Å²) in [5, 5.41) is 8.52. The Hall–Kier alpha value is 0.170. The maximum absolute atomic E-state index is 8.52. The summed E-state index contributed by atoms with van der Waals surface area (Å²) in [6.07, 6.45) is 0. The highest BCUT2D eigenvalue weighted by Crippen LogP contribution is 2.05. The molecule has 0 aliphatic rings. The molecule has 1 unspecified atom stereocenters. The van der Waals surface area contributed by atoms with Gasteiger partial charge < -0.3 is 15.1 Å². The van der Waals surface area contributed by atoms with Crippen LogP contribution in [0.1, 0.15) is 0 Å². The van der Waals surface area contributed by atoms with E-state index in [2.05, 4.69) is 0 Å². The third kappa shape index (κ3) is 4.66. The number of aliphatic hydroxyl groups excluding tert-OH is 1. The Balaban J connectivity index is 0. The van der Waals surface area contributed by atoms with E-state index in [1.807, 2.05) is 21.1 Å². The number of hydrogen-bond donors (Lipinski definition) is 1. The van der Waals surface area contributed by atoms with Gasteiger partial charge in [0.05, 0.1) is 21.1 Å². The summed E-state index contributed by atoms with van der Waals surface area (Å²) in [4.78, 5) is 0. The van der Waals surface area contributed by atoms with E-state index < -0.39 is 0 Å². The molecule has 0 amide bonds. The van der Waals surface area contributed by atoms with Crippen LogP contribution in [0.2, 0.25) is 0 Å². The van der Waals surface area contributed by atoms with Crippen molar-refractivity contribution >= 4 is 11.6 Å². The van der Waals surface area contributed by atoms with Crippen molar-refractivity contribution in [3.05, 3.63) is 0 Å². The summed E-state index contributed by atoms with van der Waals surface area (Å²) in [6.45, 7) is 0.0328. The van der Waals surface area contributed by atoms with E-state index >= 15 is 0 Å². The van der Waals surface area contributed by atoms with Gasteiger partial charge in [-0.15, -0.1) is 0 Å². The van der Waals surface area contributed by atoms with E-state index in [1.54, 1.807) is 0 Å². The lowest BCUT2D eigenvalue weighted by atomic mass is 10.5. The maximum atomic E-state index is 8.52. The number of aliphatic hydroxyl groups is 1. The lowest BCUT2D eigenvalue weighted by molar-refractivity contribution is -0.883. The minimum Gasteiger partial charge on any atom is -0.870 e. The number of nitrogens with zero attached hydrogens (tertiary/aromatic N) is 1. The van der Waals surface area contributed by atoms with Crippen molar-refractivity contribution in [1.82, 2.24) is 0 Å². The molecule has 58 valence electrons. The lowest BCUT2D eigenvalue weighted by Crippen LogP contribution is -2.43. The average molecular weight is 156 g/mol. The number of halogens is 1. The third-order valence-electron chi connectivity index (χ3n) is 0.991. The predicted octanol–water partition coefficient (Wildman–Crippen LogP) is 0.0730. The molecule has 3 nitrogen and oxygen atoms in total. The molecule has 4 heteroatoms. The quantitative estimate of drug-likeness (QED) is 0.349. The summed E-state index contributed by atoms with van der Waals surface area (Å²) in [5.74, 6) is 0. The van der Waals surface area contributed by atoms with Gasteiger partial charge >= 0.3 is 0 Å². The van der Waals surface area contributed by atoms with Crippen molar-refractivity contribution in [3.8, 4) is 0 Å². The standard InChI is InChI=1S/C5H13ClNO.H2O/c1-7(2,3)5(6)4-8;/h5,8H,4H2,1-3H3;1H2/q+1;/p-1. The second kappa shape index (κ2) is 4.06. The molecule has 0 aromatic heterocycles. The van der Waals surface area contributed by atoms with E-state index in [0.29, 0.717) is 4.48 Å². The highest BCUT2D eigenvalue weighted by molar-refractivity contribution is 6.19.